The maximum atomic E-state index is 13.0. The minimum atomic E-state index is -0.360. The van der Waals surface area contributed by atoms with Crippen LogP contribution in [0.15, 0.2) is 52.9 Å². The van der Waals surface area contributed by atoms with Crippen molar-refractivity contribution in [2.45, 2.75) is 37.7 Å². The lowest BCUT2D eigenvalue weighted by Crippen LogP contribution is -2.49. The number of fused-ring (bicyclic) bond motifs is 3. The minimum absolute atomic E-state index is 0.0544. The van der Waals surface area contributed by atoms with E-state index in [2.05, 4.69) is 12.1 Å². The molecule has 0 unspecified atom stereocenters. The number of furan rings is 1. The molecule has 5 rings (SSSR count). The van der Waals surface area contributed by atoms with Crippen LogP contribution in [-0.2, 0) is 11.8 Å². The van der Waals surface area contributed by atoms with Crippen LogP contribution in [0.1, 0.15) is 40.1 Å². The van der Waals surface area contributed by atoms with Crippen molar-refractivity contribution in [3.63, 3.8) is 0 Å². The summed E-state index contributed by atoms with van der Waals surface area (Å²) in [5, 5.41) is 11.7. The molecular formula is C23H23NO3. The highest BCUT2D eigenvalue weighted by Gasteiger charge is 2.48. The van der Waals surface area contributed by atoms with E-state index in [1.165, 1.54) is 11.1 Å². The average Bonchev–Trinajstić information content (AvgIpc) is 3.23. The van der Waals surface area contributed by atoms with Crippen molar-refractivity contribution in [1.82, 2.24) is 4.90 Å². The Morgan fingerprint density at radius 2 is 1.93 bits per heavy atom. The molecule has 2 heterocycles. The van der Waals surface area contributed by atoms with Crippen LogP contribution in [0, 0.1) is 6.92 Å². The number of aliphatic hydroxyl groups excluding tert-OH is 1. The molecule has 4 heteroatoms. The molecular weight excluding hydrogens is 338 g/mol. The predicted octanol–water partition coefficient (Wildman–Crippen LogP) is 3.83. The van der Waals surface area contributed by atoms with Crippen molar-refractivity contribution in [1.29, 1.82) is 0 Å². The molecule has 2 aliphatic rings. The monoisotopic (exact) mass is 361 g/mol. The second-order valence-electron chi connectivity index (χ2n) is 7.93. The SMILES string of the molecule is Cc1cccc2cc(C(=O)N3CCC4(CC3)c3ccccc3C[C@@H]4O)oc12. The molecule has 1 fully saturated rings. The van der Waals surface area contributed by atoms with Crippen molar-refractivity contribution in [2.24, 2.45) is 0 Å². The third kappa shape index (κ3) is 2.43. The molecule has 3 aromatic rings. The number of piperidine rings is 1. The summed E-state index contributed by atoms with van der Waals surface area (Å²) in [6, 6.07) is 16.1. The van der Waals surface area contributed by atoms with Crippen LogP contribution in [0.25, 0.3) is 11.0 Å². The van der Waals surface area contributed by atoms with Crippen LogP contribution in [0.3, 0.4) is 0 Å². The van der Waals surface area contributed by atoms with E-state index in [1.807, 2.05) is 48.2 Å². The molecule has 27 heavy (non-hydrogen) atoms. The summed E-state index contributed by atoms with van der Waals surface area (Å²) in [5.41, 5.74) is 4.13. The van der Waals surface area contributed by atoms with E-state index in [-0.39, 0.29) is 17.4 Å². The molecule has 1 aromatic heterocycles. The summed E-state index contributed by atoms with van der Waals surface area (Å²) in [4.78, 5) is 14.8. The Hall–Kier alpha value is -2.59. The summed E-state index contributed by atoms with van der Waals surface area (Å²) in [6.07, 6.45) is 1.93. The fraction of sp³-hybridized carbons (Fsp3) is 0.348. The molecule has 1 aliphatic heterocycles. The standard InChI is InChI=1S/C23H23NO3/c1-15-5-4-7-17-13-19(27-21(15)17)22(26)24-11-9-23(10-12-24)18-8-3-2-6-16(18)14-20(23)25/h2-8,13,20,25H,9-12,14H2,1H3/t20-/m0/s1. The first kappa shape index (κ1) is 16.6. The number of hydrogen-bond donors (Lipinski definition) is 1. The van der Waals surface area contributed by atoms with E-state index < -0.39 is 0 Å². The quantitative estimate of drug-likeness (QED) is 0.717. The number of amides is 1. The van der Waals surface area contributed by atoms with Crippen molar-refractivity contribution in [2.75, 3.05) is 13.1 Å². The van der Waals surface area contributed by atoms with Gasteiger partial charge in [0.25, 0.3) is 5.91 Å². The van der Waals surface area contributed by atoms with E-state index in [0.29, 0.717) is 25.3 Å². The van der Waals surface area contributed by atoms with Gasteiger partial charge in [-0.25, -0.2) is 0 Å². The van der Waals surface area contributed by atoms with Gasteiger partial charge in [0.05, 0.1) is 6.10 Å². The van der Waals surface area contributed by atoms with Crippen molar-refractivity contribution in [3.05, 3.63) is 71.0 Å². The molecule has 1 spiro atoms. The molecule has 0 bridgehead atoms. The van der Waals surface area contributed by atoms with Gasteiger partial charge < -0.3 is 14.4 Å². The number of hydrogen-bond acceptors (Lipinski definition) is 3. The number of para-hydroxylation sites is 1. The fourth-order valence-electron chi connectivity index (χ4n) is 4.95. The molecule has 1 atom stereocenters. The Bertz CT molecular complexity index is 1030. The number of rotatable bonds is 1. The van der Waals surface area contributed by atoms with Crippen molar-refractivity contribution in [3.8, 4) is 0 Å². The van der Waals surface area contributed by atoms with Gasteiger partial charge in [-0.2, -0.15) is 0 Å². The van der Waals surface area contributed by atoms with Crippen molar-refractivity contribution >= 4 is 16.9 Å². The number of aryl methyl sites for hydroxylation is 1. The van der Waals surface area contributed by atoms with Gasteiger partial charge in [0.2, 0.25) is 0 Å². The Morgan fingerprint density at radius 1 is 1.15 bits per heavy atom. The Balaban J connectivity index is 1.39. The number of benzene rings is 2. The van der Waals surface area contributed by atoms with Gasteiger partial charge in [-0.05, 0) is 48.9 Å². The highest BCUT2D eigenvalue weighted by molar-refractivity contribution is 5.96. The maximum absolute atomic E-state index is 13.0. The Morgan fingerprint density at radius 3 is 2.70 bits per heavy atom. The lowest BCUT2D eigenvalue weighted by atomic mass is 9.72. The molecule has 1 aliphatic carbocycles. The second kappa shape index (κ2) is 5.96. The van der Waals surface area contributed by atoms with Crippen LogP contribution in [0.4, 0.5) is 0 Å². The fourth-order valence-corrected chi connectivity index (χ4v) is 4.95. The zero-order valence-corrected chi connectivity index (χ0v) is 15.4. The normalized spacial score (nSPS) is 21.0. The summed E-state index contributed by atoms with van der Waals surface area (Å²) in [7, 11) is 0. The first-order chi connectivity index (χ1) is 13.1. The van der Waals surface area contributed by atoms with E-state index in [9.17, 15) is 9.90 Å². The van der Waals surface area contributed by atoms with Crippen LogP contribution >= 0.6 is 0 Å². The average molecular weight is 361 g/mol. The minimum Gasteiger partial charge on any atom is -0.451 e. The van der Waals surface area contributed by atoms with E-state index in [4.69, 9.17) is 4.42 Å². The molecule has 1 saturated heterocycles. The Labute approximate surface area is 158 Å². The first-order valence-corrected chi connectivity index (χ1v) is 9.63. The third-order valence-corrected chi connectivity index (χ3v) is 6.50. The predicted molar refractivity (Wildman–Crippen MR) is 104 cm³/mol. The zero-order chi connectivity index (χ0) is 18.6. The summed E-state index contributed by atoms with van der Waals surface area (Å²) in [5.74, 6) is 0.351. The van der Waals surface area contributed by atoms with Crippen LogP contribution in [-0.4, -0.2) is 35.1 Å². The molecule has 0 saturated carbocycles. The number of carbonyl (C=O) groups is 1. The van der Waals surface area contributed by atoms with Gasteiger partial charge in [0, 0.05) is 23.9 Å². The van der Waals surface area contributed by atoms with E-state index >= 15 is 0 Å². The van der Waals surface area contributed by atoms with Crippen molar-refractivity contribution < 1.29 is 14.3 Å². The highest BCUT2D eigenvalue weighted by atomic mass is 16.3. The first-order valence-electron chi connectivity index (χ1n) is 9.63. The van der Waals surface area contributed by atoms with Gasteiger partial charge >= 0.3 is 0 Å². The topological polar surface area (TPSA) is 53.7 Å². The highest BCUT2D eigenvalue weighted by Crippen LogP contribution is 2.46. The summed E-state index contributed by atoms with van der Waals surface area (Å²) >= 11 is 0. The number of nitrogens with zero attached hydrogens (tertiary/aromatic N) is 1. The van der Waals surface area contributed by atoms with Gasteiger partial charge in [0.1, 0.15) is 5.58 Å². The molecule has 4 nitrogen and oxygen atoms in total. The summed E-state index contributed by atoms with van der Waals surface area (Å²) < 4.78 is 5.87. The smallest absolute Gasteiger partial charge is 0.289 e. The lowest BCUT2D eigenvalue weighted by Gasteiger charge is -2.42. The van der Waals surface area contributed by atoms with E-state index in [0.717, 1.165) is 29.4 Å². The van der Waals surface area contributed by atoms with Crippen LogP contribution in [0.2, 0.25) is 0 Å². The molecule has 1 amide bonds. The lowest BCUT2D eigenvalue weighted by molar-refractivity contribution is 0.0350. The second-order valence-corrected chi connectivity index (χ2v) is 7.93. The zero-order valence-electron chi connectivity index (χ0n) is 15.4. The van der Waals surface area contributed by atoms with Crippen LogP contribution in [0.5, 0.6) is 0 Å². The molecule has 0 radical (unpaired) electrons. The molecule has 2 aromatic carbocycles. The van der Waals surface area contributed by atoms with Gasteiger partial charge in [-0.1, -0.05) is 42.5 Å². The summed E-state index contributed by atoms with van der Waals surface area (Å²) in [6.45, 7) is 3.27. The van der Waals surface area contributed by atoms with Gasteiger partial charge in [0.15, 0.2) is 5.76 Å². The maximum Gasteiger partial charge on any atom is 0.289 e. The molecule has 138 valence electrons. The number of likely N-dealkylation sites (tertiary alicyclic amines) is 1. The van der Waals surface area contributed by atoms with E-state index in [1.54, 1.807) is 0 Å². The van der Waals surface area contributed by atoms with Gasteiger partial charge in [-0.15, -0.1) is 0 Å². The Kier molecular flexibility index (Phi) is 3.66. The largest absolute Gasteiger partial charge is 0.451 e. The number of aliphatic hydroxyl groups is 1. The number of carbonyl (C=O) groups excluding carboxylic acids is 1. The third-order valence-electron chi connectivity index (χ3n) is 6.50. The molecule has 1 N–H and O–H groups in total. The van der Waals surface area contributed by atoms with Gasteiger partial charge in [-0.3, -0.25) is 4.79 Å². The van der Waals surface area contributed by atoms with Crippen LogP contribution < -0.4 is 0 Å².